The highest BCUT2D eigenvalue weighted by Gasteiger charge is 2.18. The van der Waals surface area contributed by atoms with E-state index in [-0.39, 0.29) is 0 Å². The first-order chi connectivity index (χ1) is 15.2. The zero-order valence-corrected chi connectivity index (χ0v) is 17.8. The van der Waals surface area contributed by atoms with Crippen LogP contribution >= 0.6 is 0 Å². The second kappa shape index (κ2) is 6.61. The van der Waals surface area contributed by atoms with Crippen LogP contribution in [0.5, 0.6) is 11.5 Å². The number of hydrogen-bond donors (Lipinski definition) is 0. The Hall–Kier alpha value is -3.78. The lowest BCUT2D eigenvalue weighted by Gasteiger charge is -2.17. The fourth-order valence-electron chi connectivity index (χ4n) is 5.13. The Kier molecular flexibility index (Phi) is 3.85. The molecule has 150 valence electrons. The van der Waals surface area contributed by atoms with Gasteiger partial charge in [0.05, 0.1) is 14.2 Å². The van der Waals surface area contributed by atoms with Gasteiger partial charge in [0, 0.05) is 10.8 Å². The molecule has 0 aliphatic rings. The van der Waals surface area contributed by atoms with Crippen LogP contribution in [0.2, 0.25) is 0 Å². The Labute approximate surface area is 180 Å². The monoisotopic (exact) mass is 402 g/mol. The van der Waals surface area contributed by atoms with Gasteiger partial charge in [-0.25, -0.2) is 0 Å². The van der Waals surface area contributed by atoms with Gasteiger partial charge in [0.15, 0.2) is 11.5 Å². The summed E-state index contributed by atoms with van der Waals surface area (Å²) in [6.45, 7) is 2.20. The van der Waals surface area contributed by atoms with Crippen molar-refractivity contribution in [3.05, 3.63) is 84.4 Å². The predicted octanol–water partition coefficient (Wildman–Crippen LogP) is 7.78. The summed E-state index contributed by atoms with van der Waals surface area (Å²) in [4.78, 5) is 0. The Balaban J connectivity index is 1.92. The summed E-state index contributed by atoms with van der Waals surface area (Å²) >= 11 is 0. The molecular weight excluding hydrogens is 380 g/mol. The van der Waals surface area contributed by atoms with E-state index in [9.17, 15) is 0 Å². The molecule has 0 N–H and O–H groups in total. The maximum atomic E-state index is 5.91. The molecule has 2 heteroatoms. The smallest absolute Gasteiger partial charge is 0.169 e. The third-order valence-electron chi connectivity index (χ3n) is 6.51. The summed E-state index contributed by atoms with van der Waals surface area (Å²) < 4.78 is 11.7. The lowest BCUT2D eigenvalue weighted by Crippen LogP contribution is -1.95. The van der Waals surface area contributed by atoms with Crippen LogP contribution in [0.25, 0.3) is 53.9 Å². The van der Waals surface area contributed by atoms with Gasteiger partial charge in [0.25, 0.3) is 0 Å². The van der Waals surface area contributed by atoms with Gasteiger partial charge >= 0.3 is 0 Å². The highest BCUT2D eigenvalue weighted by atomic mass is 16.5. The molecule has 0 unspecified atom stereocenters. The van der Waals surface area contributed by atoms with Gasteiger partial charge in [-0.1, -0.05) is 66.7 Å². The first-order valence-electron chi connectivity index (χ1n) is 10.5. The van der Waals surface area contributed by atoms with Gasteiger partial charge in [0.1, 0.15) is 0 Å². The number of benzene rings is 6. The van der Waals surface area contributed by atoms with Crippen LogP contribution in [0.1, 0.15) is 5.56 Å². The van der Waals surface area contributed by atoms with Crippen molar-refractivity contribution in [1.29, 1.82) is 0 Å². The Morgan fingerprint density at radius 3 is 1.87 bits per heavy atom. The number of ether oxygens (including phenoxy) is 2. The molecule has 0 saturated carbocycles. The van der Waals surface area contributed by atoms with Crippen LogP contribution in [-0.2, 0) is 0 Å². The summed E-state index contributed by atoms with van der Waals surface area (Å²) in [7, 11) is 3.43. The average molecular weight is 402 g/mol. The summed E-state index contributed by atoms with van der Waals surface area (Å²) in [5.74, 6) is 1.57. The van der Waals surface area contributed by atoms with Crippen LogP contribution in [0, 0.1) is 6.92 Å². The predicted molar refractivity (Wildman–Crippen MR) is 132 cm³/mol. The molecule has 0 aliphatic heterocycles. The second-order valence-corrected chi connectivity index (χ2v) is 8.13. The van der Waals surface area contributed by atoms with E-state index in [4.69, 9.17) is 9.47 Å². The van der Waals surface area contributed by atoms with Crippen LogP contribution in [0.3, 0.4) is 0 Å². The van der Waals surface area contributed by atoms with E-state index in [1.807, 2.05) is 6.07 Å². The van der Waals surface area contributed by atoms with Crippen molar-refractivity contribution in [3.63, 3.8) is 0 Å². The van der Waals surface area contributed by atoms with Gasteiger partial charge < -0.3 is 9.47 Å². The molecule has 0 heterocycles. The first-order valence-corrected chi connectivity index (χ1v) is 10.5. The first kappa shape index (κ1) is 18.0. The Bertz CT molecular complexity index is 1660. The molecule has 0 spiro atoms. The van der Waals surface area contributed by atoms with Gasteiger partial charge in [0.2, 0.25) is 0 Å². The fourth-order valence-corrected chi connectivity index (χ4v) is 5.13. The summed E-state index contributed by atoms with van der Waals surface area (Å²) in [5.41, 5.74) is 1.28. The van der Waals surface area contributed by atoms with E-state index in [0.29, 0.717) is 0 Å². The summed E-state index contributed by atoms with van der Waals surface area (Å²) in [6.07, 6.45) is 0. The second-order valence-electron chi connectivity index (χ2n) is 8.13. The molecular formula is C29H22O2. The molecule has 0 amide bonds. The van der Waals surface area contributed by atoms with E-state index in [2.05, 4.69) is 79.7 Å². The van der Waals surface area contributed by atoms with Crippen molar-refractivity contribution in [2.75, 3.05) is 14.2 Å². The average Bonchev–Trinajstić information content (AvgIpc) is 2.82. The topological polar surface area (TPSA) is 18.5 Å². The third-order valence-corrected chi connectivity index (χ3v) is 6.51. The number of rotatable bonds is 2. The number of methoxy groups -OCH3 is 2. The summed E-state index contributed by atoms with van der Waals surface area (Å²) in [5, 5.41) is 12.1. The number of aryl methyl sites for hydroxylation is 1. The van der Waals surface area contributed by atoms with Crippen molar-refractivity contribution < 1.29 is 9.47 Å². The molecule has 0 atom stereocenters. The van der Waals surface area contributed by atoms with Crippen molar-refractivity contribution in [3.8, 4) is 11.5 Å². The highest BCUT2D eigenvalue weighted by molar-refractivity contribution is 6.25. The largest absolute Gasteiger partial charge is 0.492 e. The molecule has 0 bridgehead atoms. The van der Waals surface area contributed by atoms with Crippen molar-refractivity contribution in [1.82, 2.24) is 0 Å². The lowest BCUT2D eigenvalue weighted by molar-refractivity contribution is 0.362. The molecule has 0 fully saturated rings. The maximum Gasteiger partial charge on any atom is 0.169 e. The standard InChI is InChI=1S/C29H22O2/c1-17-14-19-13-12-18-8-4-5-9-20(18)27(19)25-16-26-24(15-23(17)25)21-10-6-7-11-22(21)28(30-2)29(26)31-3/h4-16H,1-3H3. The normalized spacial score (nSPS) is 11.7. The third kappa shape index (κ3) is 2.45. The Morgan fingerprint density at radius 2 is 1.10 bits per heavy atom. The molecule has 0 aliphatic carbocycles. The van der Waals surface area contributed by atoms with Gasteiger partial charge in [-0.15, -0.1) is 0 Å². The Morgan fingerprint density at radius 1 is 0.484 bits per heavy atom. The van der Waals surface area contributed by atoms with Crippen LogP contribution < -0.4 is 9.47 Å². The molecule has 2 nitrogen and oxygen atoms in total. The minimum atomic E-state index is 0.784. The highest BCUT2D eigenvalue weighted by Crippen LogP contribution is 2.46. The molecule has 0 saturated heterocycles. The van der Waals surface area contributed by atoms with E-state index in [1.54, 1.807) is 14.2 Å². The zero-order chi connectivity index (χ0) is 21.1. The van der Waals surface area contributed by atoms with Crippen molar-refractivity contribution in [2.45, 2.75) is 6.92 Å². The van der Waals surface area contributed by atoms with Crippen LogP contribution in [-0.4, -0.2) is 14.2 Å². The van der Waals surface area contributed by atoms with Crippen molar-refractivity contribution >= 4 is 53.9 Å². The zero-order valence-electron chi connectivity index (χ0n) is 17.8. The molecule has 6 aromatic rings. The molecule has 0 radical (unpaired) electrons. The van der Waals surface area contributed by atoms with Gasteiger partial charge in [-0.2, -0.15) is 0 Å². The molecule has 0 aromatic heterocycles. The van der Waals surface area contributed by atoms with Gasteiger partial charge in [-0.3, -0.25) is 0 Å². The minimum Gasteiger partial charge on any atom is -0.492 e. The van der Waals surface area contributed by atoms with E-state index in [1.165, 1.54) is 48.7 Å². The van der Waals surface area contributed by atoms with E-state index >= 15 is 0 Å². The summed E-state index contributed by atoms with van der Waals surface area (Å²) in [6, 6.07) is 28.4. The van der Waals surface area contributed by atoms with Gasteiger partial charge in [-0.05, 0) is 67.7 Å². The van der Waals surface area contributed by atoms with Crippen molar-refractivity contribution in [2.24, 2.45) is 0 Å². The molecule has 31 heavy (non-hydrogen) atoms. The minimum absolute atomic E-state index is 0.784. The number of fused-ring (bicyclic) bond motifs is 8. The van der Waals surface area contributed by atoms with Crippen LogP contribution in [0.4, 0.5) is 0 Å². The number of hydrogen-bond acceptors (Lipinski definition) is 2. The quantitative estimate of drug-likeness (QED) is 0.217. The fraction of sp³-hybridized carbons (Fsp3) is 0.103. The van der Waals surface area contributed by atoms with E-state index in [0.717, 1.165) is 22.3 Å². The lowest BCUT2D eigenvalue weighted by atomic mass is 9.90. The van der Waals surface area contributed by atoms with E-state index < -0.39 is 0 Å². The maximum absolute atomic E-state index is 5.91. The SMILES string of the molecule is COc1c(OC)c2cc3c(cc2c2ccccc12)c(C)cc1ccc2ccccc2c13. The molecule has 6 rings (SSSR count). The molecule has 6 aromatic carbocycles. The van der Waals surface area contributed by atoms with Crippen LogP contribution in [0.15, 0.2) is 78.9 Å².